The molecule has 0 radical (unpaired) electrons. The molecule has 1 fully saturated rings. The van der Waals surface area contributed by atoms with Crippen molar-refractivity contribution in [3.63, 3.8) is 0 Å². The van der Waals surface area contributed by atoms with Crippen molar-refractivity contribution in [2.24, 2.45) is 0 Å². The second-order valence-corrected chi connectivity index (χ2v) is 4.51. The van der Waals surface area contributed by atoms with Gasteiger partial charge in [0.2, 0.25) is 0 Å². The number of hydrogen-bond donors (Lipinski definition) is 2. The van der Waals surface area contributed by atoms with Crippen molar-refractivity contribution in [3.05, 3.63) is 11.3 Å². The van der Waals surface area contributed by atoms with Gasteiger partial charge in [0, 0.05) is 17.3 Å². The molecule has 1 saturated carbocycles. The molecule has 84 valence electrons. The minimum Gasteiger partial charge on any atom is -0.366 e. The highest BCUT2D eigenvalue weighted by atomic mass is 15.2. The Bertz CT molecular complexity index is 311. The Kier molecular flexibility index (Phi) is 3.29. The molecular formula is C12H21N3. The summed E-state index contributed by atoms with van der Waals surface area (Å²) in [6, 6.07) is 0.644. The third-order valence-corrected chi connectivity index (χ3v) is 3.41. The molecule has 0 aromatic carbocycles. The summed E-state index contributed by atoms with van der Waals surface area (Å²) in [5.41, 5.74) is 2.55. The third-order valence-electron chi connectivity index (χ3n) is 3.41. The second kappa shape index (κ2) is 4.69. The number of nitrogens with zero attached hydrogens (tertiary/aromatic N) is 1. The van der Waals surface area contributed by atoms with E-state index >= 15 is 0 Å². The summed E-state index contributed by atoms with van der Waals surface area (Å²) in [6.07, 6.45) is 7.76. The van der Waals surface area contributed by atoms with E-state index in [4.69, 9.17) is 0 Å². The Hall–Kier alpha value is -0.990. The van der Waals surface area contributed by atoms with Crippen LogP contribution in [0.25, 0.3) is 0 Å². The van der Waals surface area contributed by atoms with Crippen molar-refractivity contribution in [1.82, 2.24) is 10.2 Å². The van der Waals surface area contributed by atoms with Crippen LogP contribution in [0.15, 0.2) is 0 Å². The summed E-state index contributed by atoms with van der Waals surface area (Å²) in [6.45, 7) is 4.30. The van der Waals surface area contributed by atoms with Gasteiger partial charge in [-0.1, -0.05) is 26.2 Å². The van der Waals surface area contributed by atoms with Crippen molar-refractivity contribution in [1.29, 1.82) is 0 Å². The van der Waals surface area contributed by atoms with Crippen LogP contribution in [0.5, 0.6) is 0 Å². The monoisotopic (exact) mass is 207 g/mol. The fourth-order valence-corrected chi connectivity index (χ4v) is 2.36. The lowest BCUT2D eigenvalue weighted by atomic mass is 9.95. The van der Waals surface area contributed by atoms with Gasteiger partial charge in [0.1, 0.15) is 0 Å². The zero-order valence-electron chi connectivity index (χ0n) is 9.77. The Morgan fingerprint density at radius 3 is 2.67 bits per heavy atom. The van der Waals surface area contributed by atoms with Crippen LogP contribution in [-0.2, 0) is 6.42 Å². The van der Waals surface area contributed by atoms with Crippen molar-refractivity contribution in [2.75, 3.05) is 5.32 Å². The van der Waals surface area contributed by atoms with Gasteiger partial charge in [-0.25, -0.2) is 0 Å². The van der Waals surface area contributed by atoms with Crippen molar-refractivity contribution in [2.45, 2.75) is 58.4 Å². The van der Waals surface area contributed by atoms with E-state index < -0.39 is 0 Å². The second-order valence-electron chi connectivity index (χ2n) is 4.51. The van der Waals surface area contributed by atoms with Gasteiger partial charge in [0.05, 0.1) is 0 Å². The van der Waals surface area contributed by atoms with Crippen LogP contribution < -0.4 is 5.32 Å². The van der Waals surface area contributed by atoms with Crippen molar-refractivity contribution in [3.8, 4) is 0 Å². The lowest BCUT2D eigenvalue weighted by Gasteiger charge is -2.22. The van der Waals surface area contributed by atoms with E-state index in [1.807, 2.05) is 0 Å². The topological polar surface area (TPSA) is 40.7 Å². The number of aromatic nitrogens is 2. The maximum atomic E-state index is 4.34. The van der Waals surface area contributed by atoms with Crippen LogP contribution in [0.4, 0.5) is 5.82 Å². The summed E-state index contributed by atoms with van der Waals surface area (Å²) < 4.78 is 0. The quantitative estimate of drug-likeness (QED) is 0.800. The van der Waals surface area contributed by atoms with Gasteiger partial charge in [-0.05, 0) is 26.2 Å². The highest BCUT2D eigenvalue weighted by Gasteiger charge is 2.15. The molecule has 1 aromatic rings. The molecule has 1 aliphatic carbocycles. The molecule has 3 nitrogen and oxygen atoms in total. The average molecular weight is 207 g/mol. The molecule has 0 aliphatic heterocycles. The molecule has 3 heteroatoms. The van der Waals surface area contributed by atoms with Crippen LogP contribution >= 0.6 is 0 Å². The Morgan fingerprint density at radius 2 is 2.07 bits per heavy atom. The number of aryl methyl sites for hydroxylation is 1. The van der Waals surface area contributed by atoms with Crippen molar-refractivity contribution >= 4 is 5.82 Å². The highest BCUT2D eigenvalue weighted by Crippen LogP contribution is 2.23. The molecule has 0 bridgehead atoms. The molecule has 15 heavy (non-hydrogen) atoms. The van der Waals surface area contributed by atoms with Gasteiger partial charge in [0.15, 0.2) is 5.82 Å². The minimum absolute atomic E-state index is 0.644. The summed E-state index contributed by atoms with van der Waals surface area (Å²) in [5, 5.41) is 11.0. The molecule has 0 atom stereocenters. The molecule has 0 amide bonds. The molecular weight excluding hydrogens is 186 g/mol. The Labute approximate surface area is 91.7 Å². The van der Waals surface area contributed by atoms with E-state index in [1.165, 1.54) is 43.4 Å². The number of rotatable bonds is 3. The number of nitrogens with one attached hydrogen (secondary N) is 2. The standard InChI is InChI=1S/C12H21N3/c1-3-11-9(2)12(15-14-11)13-10-7-5-4-6-8-10/h10H,3-8H2,1-2H3,(H2,13,14,15). The van der Waals surface area contributed by atoms with Crippen LogP contribution in [-0.4, -0.2) is 16.2 Å². The Balaban J connectivity index is 2.00. The van der Waals surface area contributed by atoms with E-state index in [0.29, 0.717) is 6.04 Å². The minimum atomic E-state index is 0.644. The number of H-pyrrole nitrogens is 1. The average Bonchev–Trinajstić information content (AvgIpc) is 2.62. The molecule has 1 aromatic heterocycles. The normalized spacial score (nSPS) is 18.0. The zero-order chi connectivity index (χ0) is 10.7. The fraction of sp³-hybridized carbons (Fsp3) is 0.750. The zero-order valence-corrected chi connectivity index (χ0v) is 9.77. The van der Waals surface area contributed by atoms with Crippen LogP contribution in [0.3, 0.4) is 0 Å². The lowest BCUT2D eigenvalue weighted by Crippen LogP contribution is -2.22. The smallest absolute Gasteiger partial charge is 0.151 e. The summed E-state index contributed by atoms with van der Waals surface area (Å²) in [5.74, 6) is 1.07. The molecule has 1 aliphatic rings. The molecule has 0 unspecified atom stereocenters. The number of aromatic amines is 1. The number of hydrogen-bond acceptors (Lipinski definition) is 2. The molecule has 0 spiro atoms. The van der Waals surface area contributed by atoms with E-state index in [-0.39, 0.29) is 0 Å². The fourth-order valence-electron chi connectivity index (χ4n) is 2.36. The van der Waals surface area contributed by atoms with Crippen LogP contribution in [0.1, 0.15) is 50.3 Å². The van der Waals surface area contributed by atoms with E-state index in [1.54, 1.807) is 0 Å². The molecule has 2 N–H and O–H groups in total. The van der Waals surface area contributed by atoms with Gasteiger partial charge in [-0.3, -0.25) is 5.10 Å². The molecule has 0 saturated heterocycles. The maximum Gasteiger partial charge on any atom is 0.151 e. The van der Waals surface area contributed by atoms with Gasteiger partial charge in [0.25, 0.3) is 0 Å². The van der Waals surface area contributed by atoms with E-state index in [0.717, 1.165) is 12.2 Å². The van der Waals surface area contributed by atoms with Gasteiger partial charge >= 0.3 is 0 Å². The summed E-state index contributed by atoms with van der Waals surface area (Å²) in [7, 11) is 0. The van der Waals surface area contributed by atoms with E-state index in [2.05, 4.69) is 29.4 Å². The molecule has 1 heterocycles. The third kappa shape index (κ3) is 2.33. The maximum absolute atomic E-state index is 4.34. The van der Waals surface area contributed by atoms with Crippen LogP contribution in [0, 0.1) is 6.92 Å². The summed E-state index contributed by atoms with van der Waals surface area (Å²) in [4.78, 5) is 0. The first-order valence-corrected chi connectivity index (χ1v) is 6.11. The Morgan fingerprint density at radius 1 is 1.33 bits per heavy atom. The largest absolute Gasteiger partial charge is 0.366 e. The molecule has 2 rings (SSSR count). The summed E-state index contributed by atoms with van der Waals surface area (Å²) >= 11 is 0. The lowest BCUT2D eigenvalue weighted by molar-refractivity contribution is 0.461. The van der Waals surface area contributed by atoms with E-state index in [9.17, 15) is 0 Å². The van der Waals surface area contributed by atoms with Crippen molar-refractivity contribution < 1.29 is 0 Å². The van der Waals surface area contributed by atoms with Gasteiger partial charge in [-0.15, -0.1) is 0 Å². The number of anilines is 1. The SMILES string of the molecule is CCc1[nH]nc(NC2CCCCC2)c1C. The van der Waals surface area contributed by atoms with Crippen LogP contribution in [0.2, 0.25) is 0 Å². The predicted molar refractivity (Wildman–Crippen MR) is 63.2 cm³/mol. The predicted octanol–water partition coefficient (Wildman–Crippen LogP) is 3.03. The first-order chi connectivity index (χ1) is 7.31. The highest BCUT2D eigenvalue weighted by molar-refractivity contribution is 5.46. The first kappa shape index (κ1) is 10.5. The first-order valence-electron chi connectivity index (χ1n) is 6.11. The van der Waals surface area contributed by atoms with Gasteiger partial charge in [-0.2, -0.15) is 5.10 Å². The van der Waals surface area contributed by atoms with Gasteiger partial charge < -0.3 is 5.32 Å².